The largest absolute Gasteiger partial charge is 0.456 e. The predicted molar refractivity (Wildman–Crippen MR) is 207 cm³/mol. The summed E-state index contributed by atoms with van der Waals surface area (Å²) in [4.78, 5) is 54.8. The van der Waals surface area contributed by atoms with Crippen molar-refractivity contribution < 1.29 is 28.7 Å². The van der Waals surface area contributed by atoms with E-state index >= 15 is 0 Å². The topological polar surface area (TPSA) is 86.7 Å². The molecule has 0 bridgehead atoms. The van der Waals surface area contributed by atoms with Gasteiger partial charge in [-0.2, -0.15) is 0 Å². The molecule has 54 heavy (non-hydrogen) atoms. The van der Waals surface area contributed by atoms with Crippen molar-refractivity contribution in [1.82, 2.24) is 0 Å². The predicted octanol–water partition coefficient (Wildman–Crippen LogP) is 10.8. The van der Waals surface area contributed by atoms with Gasteiger partial charge >= 0.3 is 0 Å². The molecule has 0 aromatic heterocycles. The first-order chi connectivity index (χ1) is 26.4. The summed E-state index contributed by atoms with van der Waals surface area (Å²) in [6.07, 6.45) is 0. The Hall–Kier alpha value is -7.44. The summed E-state index contributed by atoms with van der Waals surface area (Å²) in [5, 5.41) is 3.07. The van der Waals surface area contributed by atoms with E-state index in [0.29, 0.717) is 56.4 Å². The average molecular weight is 699 g/mol. The molecule has 0 heterocycles. The fourth-order valence-corrected chi connectivity index (χ4v) is 7.63. The highest BCUT2D eigenvalue weighted by molar-refractivity contribution is 6.32. The van der Waals surface area contributed by atoms with E-state index in [0.717, 1.165) is 32.7 Å². The third-order valence-electron chi connectivity index (χ3n) is 10.3. The molecular formula is C48H26O6. The van der Waals surface area contributed by atoms with Crippen LogP contribution < -0.4 is 9.47 Å². The van der Waals surface area contributed by atoms with Crippen molar-refractivity contribution in [2.45, 2.75) is 0 Å². The van der Waals surface area contributed by atoms with Crippen molar-refractivity contribution in [3.63, 3.8) is 0 Å². The summed E-state index contributed by atoms with van der Waals surface area (Å²) in [6, 6.07) is 47.5. The standard InChI is InChI=1S/C48H26O6/c49-43-35-13-5-7-15-37(35)45(51)41-39(43)25-29-9-1-3-11-33(29)47(41)53-31-21-17-27(18-22-31)28-19-23-32(24-20-28)54-48-34-12-4-2-10-30(34)26-40-42(48)46(52)38-16-8-6-14-36(38)44(40)50/h1-26H. The van der Waals surface area contributed by atoms with Crippen LogP contribution in [-0.2, 0) is 0 Å². The van der Waals surface area contributed by atoms with E-state index in [1.54, 1.807) is 60.7 Å². The maximum absolute atomic E-state index is 13.8. The molecule has 6 heteroatoms. The zero-order chi connectivity index (χ0) is 36.5. The number of rotatable bonds is 5. The first-order valence-corrected chi connectivity index (χ1v) is 17.5. The van der Waals surface area contributed by atoms with Crippen molar-refractivity contribution >= 4 is 44.7 Å². The highest BCUT2D eigenvalue weighted by Crippen LogP contribution is 2.43. The second-order valence-electron chi connectivity index (χ2n) is 13.4. The van der Waals surface area contributed by atoms with E-state index in [2.05, 4.69) is 0 Å². The molecule has 0 radical (unpaired) electrons. The molecule has 0 unspecified atom stereocenters. The van der Waals surface area contributed by atoms with Crippen molar-refractivity contribution in [2.24, 2.45) is 0 Å². The highest BCUT2D eigenvalue weighted by atomic mass is 16.5. The normalized spacial score (nSPS) is 13.0. The van der Waals surface area contributed by atoms with Crippen molar-refractivity contribution in [2.75, 3.05) is 0 Å². The van der Waals surface area contributed by atoms with Gasteiger partial charge < -0.3 is 9.47 Å². The number of ketones is 4. The summed E-state index contributed by atoms with van der Waals surface area (Å²) in [5.74, 6) is 0.827. The van der Waals surface area contributed by atoms with Gasteiger partial charge in [0.15, 0.2) is 23.1 Å². The monoisotopic (exact) mass is 698 g/mol. The van der Waals surface area contributed by atoms with Crippen LogP contribution in [0.5, 0.6) is 23.0 Å². The number of carbonyl (C=O) groups excluding carboxylic acids is 4. The molecule has 0 spiro atoms. The zero-order valence-corrected chi connectivity index (χ0v) is 28.5. The van der Waals surface area contributed by atoms with Crippen LogP contribution in [0.4, 0.5) is 0 Å². The Balaban J connectivity index is 0.964. The number of fused-ring (bicyclic) bond motifs is 6. The number of hydrogen-bond acceptors (Lipinski definition) is 6. The molecule has 0 saturated heterocycles. The number of carbonyl (C=O) groups is 4. The van der Waals surface area contributed by atoms with Crippen LogP contribution in [0.25, 0.3) is 32.7 Å². The fraction of sp³-hybridized carbons (Fsp3) is 0. The smallest absolute Gasteiger partial charge is 0.198 e. The molecule has 254 valence electrons. The molecular weight excluding hydrogens is 673 g/mol. The lowest BCUT2D eigenvalue weighted by molar-refractivity contribution is 0.0977. The Morgan fingerprint density at radius 3 is 1.04 bits per heavy atom. The van der Waals surface area contributed by atoms with Crippen molar-refractivity contribution in [3.05, 3.63) is 202 Å². The average Bonchev–Trinajstić information content (AvgIpc) is 3.22. The first kappa shape index (κ1) is 31.3. The molecule has 0 amide bonds. The van der Waals surface area contributed by atoms with Crippen LogP contribution in [0, 0.1) is 0 Å². The minimum absolute atomic E-state index is 0.204. The lowest BCUT2D eigenvalue weighted by Crippen LogP contribution is -2.21. The maximum atomic E-state index is 13.8. The number of benzene rings is 8. The van der Waals surface area contributed by atoms with Gasteiger partial charge in [-0.1, -0.05) is 121 Å². The Morgan fingerprint density at radius 1 is 0.315 bits per heavy atom. The highest BCUT2D eigenvalue weighted by Gasteiger charge is 2.35. The minimum Gasteiger partial charge on any atom is -0.456 e. The minimum atomic E-state index is -0.246. The van der Waals surface area contributed by atoms with Crippen LogP contribution in [0.3, 0.4) is 0 Å². The van der Waals surface area contributed by atoms with Crippen LogP contribution in [0.15, 0.2) is 158 Å². The summed E-state index contributed by atoms with van der Waals surface area (Å²) in [7, 11) is 0. The number of hydrogen-bond donors (Lipinski definition) is 0. The van der Waals surface area contributed by atoms with Gasteiger partial charge in [-0.05, 0) is 58.3 Å². The Bertz CT molecular complexity index is 2740. The van der Waals surface area contributed by atoms with Gasteiger partial charge in [0, 0.05) is 44.2 Å². The Morgan fingerprint density at radius 2 is 0.648 bits per heavy atom. The van der Waals surface area contributed by atoms with Gasteiger partial charge in [-0.25, -0.2) is 0 Å². The second-order valence-corrected chi connectivity index (χ2v) is 13.4. The summed E-state index contributed by atoms with van der Waals surface area (Å²) in [6.45, 7) is 0. The molecule has 0 saturated carbocycles. The van der Waals surface area contributed by atoms with Crippen LogP contribution >= 0.6 is 0 Å². The van der Waals surface area contributed by atoms with E-state index in [1.807, 2.05) is 97.1 Å². The van der Waals surface area contributed by atoms with Gasteiger partial charge in [0.1, 0.15) is 23.0 Å². The van der Waals surface area contributed by atoms with Crippen molar-refractivity contribution in [3.8, 4) is 34.1 Å². The van der Waals surface area contributed by atoms with E-state index in [-0.39, 0.29) is 34.3 Å². The summed E-state index contributed by atoms with van der Waals surface area (Å²) < 4.78 is 12.9. The van der Waals surface area contributed by atoms with E-state index in [4.69, 9.17) is 9.47 Å². The first-order valence-electron chi connectivity index (χ1n) is 17.5. The zero-order valence-electron chi connectivity index (χ0n) is 28.5. The molecule has 10 rings (SSSR count). The third kappa shape index (κ3) is 4.81. The molecule has 8 aromatic carbocycles. The fourth-order valence-electron chi connectivity index (χ4n) is 7.63. The van der Waals surface area contributed by atoms with E-state index in [9.17, 15) is 19.2 Å². The van der Waals surface area contributed by atoms with Gasteiger partial charge in [0.25, 0.3) is 0 Å². The SMILES string of the molecule is O=C1c2ccccc2C(=O)c2c1cc1ccccc1c2Oc1ccc(-c2ccc(Oc3c4c(cc5ccccc35)C(=O)c3ccccc3C4=O)cc2)cc1. The summed E-state index contributed by atoms with van der Waals surface area (Å²) in [5.41, 5.74) is 4.52. The molecule has 0 aliphatic heterocycles. The number of ether oxygens (including phenoxy) is 2. The van der Waals surface area contributed by atoms with Gasteiger partial charge in [0.05, 0.1) is 11.1 Å². The van der Waals surface area contributed by atoms with Crippen molar-refractivity contribution in [1.29, 1.82) is 0 Å². The van der Waals surface area contributed by atoms with E-state index < -0.39 is 0 Å². The third-order valence-corrected chi connectivity index (χ3v) is 10.3. The maximum Gasteiger partial charge on any atom is 0.198 e. The molecule has 0 N–H and O–H groups in total. The van der Waals surface area contributed by atoms with Gasteiger partial charge in [-0.15, -0.1) is 0 Å². The van der Waals surface area contributed by atoms with Crippen LogP contribution in [-0.4, -0.2) is 23.1 Å². The molecule has 2 aliphatic carbocycles. The Kier molecular flexibility index (Phi) is 7.00. The lowest BCUT2D eigenvalue weighted by atomic mass is 9.82. The van der Waals surface area contributed by atoms with E-state index in [1.165, 1.54) is 0 Å². The molecule has 0 fully saturated rings. The molecule has 6 nitrogen and oxygen atoms in total. The molecule has 0 atom stereocenters. The summed E-state index contributed by atoms with van der Waals surface area (Å²) >= 11 is 0. The Labute approximate surface area is 308 Å². The van der Waals surface area contributed by atoms with Crippen LogP contribution in [0.1, 0.15) is 63.7 Å². The van der Waals surface area contributed by atoms with Crippen LogP contribution in [0.2, 0.25) is 0 Å². The van der Waals surface area contributed by atoms with Gasteiger partial charge in [-0.3, -0.25) is 19.2 Å². The quantitative estimate of drug-likeness (QED) is 0.178. The van der Waals surface area contributed by atoms with Gasteiger partial charge in [0.2, 0.25) is 0 Å². The second kappa shape index (κ2) is 12.1. The molecule has 2 aliphatic rings. The molecule has 8 aromatic rings. The lowest BCUT2D eigenvalue weighted by Gasteiger charge is -2.22.